The maximum atomic E-state index is 13.6. The van der Waals surface area contributed by atoms with E-state index < -0.39 is 28.2 Å². The summed E-state index contributed by atoms with van der Waals surface area (Å²) in [5.74, 6) is -0.917. The number of benzene rings is 2. The predicted octanol–water partition coefficient (Wildman–Crippen LogP) is 2.78. The molecule has 0 atom stereocenters. The zero-order valence-electron chi connectivity index (χ0n) is 13.2. The summed E-state index contributed by atoms with van der Waals surface area (Å²) in [5.41, 5.74) is 0.0527. The molecule has 5 nitrogen and oxygen atoms in total. The molecule has 0 radical (unpaired) electrons. The molecule has 0 fully saturated rings. The lowest BCUT2D eigenvalue weighted by molar-refractivity contribution is 0.0996. The van der Waals surface area contributed by atoms with Crippen LogP contribution in [-0.4, -0.2) is 27.4 Å². The van der Waals surface area contributed by atoms with Crippen LogP contribution >= 0.6 is 0 Å². The largest absolute Gasteiger partial charge is 0.493 e. The molecule has 2 aromatic carbocycles. The normalized spacial score (nSPS) is 11.2. The van der Waals surface area contributed by atoms with Crippen molar-refractivity contribution in [3.05, 3.63) is 59.9 Å². The molecular weight excluding hydrogens is 333 g/mol. The highest BCUT2D eigenvalue weighted by Crippen LogP contribution is 2.17. The molecule has 0 saturated carbocycles. The van der Waals surface area contributed by atoms with Crippen LogP contribution in [0, 0.1) is 5.82 Å². The second-order valence-electron chi connectivity index (χ2n) is 5.08. The highest BCUT2D eigenvalue weighted by atomic mass is 32.2. The van der Waals surface area contributed by atoms with E-state index in [0.29, 0.717) is 6.61 Å². The van der Waals surface area contributed by atoms with Crippen LogP contribution in [-0.2, 0) is 10.0 Å². The number of carbonyl (C=O) groups is 1. The van der Waals surface area contributed by atoms with Gasteiger partial charge in [-0.25, -0.2) is 17.5 Å². The van der Waals surface area contributed by atoms with Crippen LogP contribution in [0.3, 0.4) is 0 Å². The average Bonchev–Trinajstić information content (AvgIpc) is 2.58. The fourth-order valence-corrected chi connectivity index (χ4v) is 2.98. The van der Waals surface area contributed by atoms with E-state index in [0.717, 1.165) is 12.5 Å². The molecule has 0 unspecified atom stereocenters. The van der Waals surface area contributed by atoms with E-state index in [4.69, 9.17) is 4.74 Å². The molecule has 2 aromatic rings. The Morgan fingerprint density at radius 2 is 1.88 bits per heavy atom. The lowest BCUT2D eigenvalue weighted by atomic mass is 10.1. The SMILES string of the molecule is CCCOc1cc(F)cc(C(=O)CNS(=O)(=O)c2ccccc2)c1. The van der Waals surface area contributed by atoms with Crippen LogP contribution in [0.2, 0.25) is 0 Å². The minimum absolute atomic E-state index is 0.0527. The second-order valence-corrected chi connectivity index (χ2v) is 6.85. The summed E-state index contributed by atoms with van der Waals surface area (Å²) >= 11 is 0. The first-order chi connectivity index (χ1) is 11.4. The van der Waals surface area contributed by atoms with E-state index in [9.17, 15) is 17.6 Å². The van der Waals surface area contributed by atoms with Crippen molar-refractivity contribution in [2.75, 3.05) is 13.2 Å². The van der Waals surface area contributed by atoms with E-state index >= 15 is 0 Å². The van der Waals surface area contributed by atoms with Crippen LogP contribution in [0.5, 0.6) is 5.75 Å². The molecule has 128 valence electrons. The molecular formula is C17H18FNO4S. The van der Waals surface area contributed by atoms with Crippen LogP contribution < -0.4 is 9.46 Å². The molecule has 0 heterocycles. The second kappa shape index (κ2) is 8.03. The third-order valence-electron chi connectivity index (χ3n) is 3.14. The third kappa shape index (κ3) is 4.87. The van der Waals surface area contributed by atoms with E-state index in [-0.39, 0.29) is 16.2 Å². The minimum atomic E-state index is -3.79. The van der Waals surface area contributed by atoms with Gasteiger partial charge in [0.1, 0.15) is 11.6 Å². The van der Waals surface area contributed by atoms with Gasteiger partial charge in [-0.05, 0) is 30.7 Å². The van der Waals surface area contributed by atoms with Crippen molar-refractivity contribution in [3.8, 4) is 5.75 Å². The molecule has 7 heteroatoms. The number of hydrogen-bond donors (Lipinski definition) is 1. The number of rotatable bonds is 8. The van der Waals surface area contributed by atoms with Gasteiger partial charge in [-0.3, -0.25) is 4.79 Å². The van der Waals surface area contributed by atoms with Gasteiger partial charge < -0.3 is 4.74 Å². The Balaban J connectivity index is 2.08. The van der Waals surface area contributed by atoms with E-state index in [1.54, 1.807) is 18.2 Å². The molecule has 0 saturated heterocycles. The minimum Gasteiger partial charge on any atom is -0.493 e. The molecule has 0 spiro atoms. The van der Waals surface area contributed by atoms with E-state index in [1.807, 2.05) is 6.92 Å². The summed E-state index contributed by atoms with van der Waals surface area (Å²) in [5, 5.41) is 0. The summed E-state index contributed by atoms with van der Waals surface area (Å²) in [6.45, 7) is 1.84. The molecule has 2 rings (SSSR count). The quantitative estimate of drug-likeness (QED) is 0.742. The van der Waals surface area contributed by atoms with Crippen molar-refractivity contribution in [1.82, 2.24) is 4.72 Å². The maximum absolute atomic E-state index is 13.6. The van der Waals surface area contributed by atoms with Gasteiger partial charge in [0, 0.05) is 11.6 Å². The summed E-state index contributed by atoms with van der Waals surface area (Å²) in [6, 6.07) is 11.3. The number of Topliss-reactive ketones (excluding diaryl/α,β-unsaturated/α-hetero) is 1. The molecule has 0 aliphatic carbocycles. The van der Waals surface area contributed by atoms with Crippen LogP contribution in [0.15, 0.2) is 53.4 Å². The fraction of sp³-hybridized carbons (Fsp3) is 0.235. The Kier molecular flexibility index (Phi) is 6.05. The van der Waals surface area contributed by atoms with Crippen molar-refractivity contribution in [1.29, 1.82) is 0 Å². The Labute approximate surface area is 140 Å². The molecule has 0 bridgehead atoms. The first-order valence-corrected chi connectivity index (χ1v) is 8.92. The fourth-order valence-electron chi connectivity index (χ4n) is 1.97. The van der Waals surface area contributed by atoms with Gasteiger partial charge in [0.15, 0.2) is 5.78 Å². The number of carbonyl (C=O) groups excluding carboxylic acids is 1. The maximum Gasteiger partial charge on any atom is 0.240 e. The lowest BCUT2D eigenvalue weighted by Gasteiger charge is -2.09. The van der Waals surface area contributed by atoms with Gasteiger partial charge in [-0.2, -0.15) is 0 Å². The Bertz CT molecular complexity index is 807. The zero-order chi connectivity index (χ0) is 17.6. The number of sulfonamides is 1. The Morgan fingerprint density at radius 3 is 2.54 bits per heavy atom. The average molecular weight is 351 g/mol. The van der Waals surface area contributed by atoms with Crippen molar-refractivity contribution >= 4 is 15.8 Å². The van der Waals surface area contributed by atoms with Crippen LogP contribution in [0.1, 0.15) is 23.7 Å². The van der Waals surface area contributed by atoms with Crippen molar-refractivity contribution in [3.63, 3.8) is 0 Å². The summed E-state index contributed by atoms with van der Waals surface area (Å²) in [7, 11) is -3.79. The van der Waals surface area contributed by atoms with Gasteiger partial charge in [0.25, 0.3) is 0 Å². The topological polar surface area (TPSA) is 72.5 Å². The predicted molar refractivity (Wildman–Crippen MR) is 88.1 cm³/mol. The highest BCUT2D eigenvalue weighted by molar-refractivity contribution is 7.89. The molecule has 0 amide bonds. The number of halogens is 1. The summed E-state index contributed by atoms with van der Waals surface area (Å²) in [4.78, 5) is 12.2. The first-order valence-electron chi connectivity index (χ1n) is 7.43. The Hall–Kier alpha value is -2.25. The molecule has 0 aliphatic rings. The number of hydrogen-bond acceptors (Lipinski definition) is 4. The molecule has 1 N–H and O–H groups in total. The summed E-state index contributed by atoms with van der Waals surface area (Å²) in [6.07, 6.45) is 0.747. The van der Waals surface area contributed by atoms with Gasteiger partial charge in [0.05, 0.1) is 18.0 Å². The van der Waals surface area contributed by atoms with Crippen molar-refractivity contribution in [2.24, 2.45) is 0 Å². The van der Waals surface area contributed by atoms with Crippen LogP contribution in [0.25, 0.3) is 0 Å². The number of ether oxygens (including phenoxy) is 1. The molecule has 0 aromatic heterocycles. The third-order valence-corrected chi connectivity index (χ3v) is 4.56. The smallest absolute Gasteiger partial charge is 0.240 e. The number of nitrogens with one attached hydrogen (secondary N) is 1. The van der Waals surface area contributed by atoms with Crippen molar-refractivity contribution in [2.45, 2.75) is 18.2 Å². The van der Waals surface area contributed by atoms with E-state index in [2.05, 4.69) is 4.72 Å². The van der Waals surface area contributed by atoms with Gasteiger partial charge >= 0.3 is 0 Å². The monoisotopic (exact) mass is 351 g/mol. The van der Waals surface area contributed by atoms with Gasteiger partial charge in [-0.1, -0.05) is 25.1 Å². The molecule has 0 aliphatic heterocycles. The highest BCUT2D eigenvalue weighted by Gasteiger charge is 2.16. The van der Waals surface area contributed by atoms with E-state index in [1.165, 1.54) is 24.3 Å². The van der Waals surface area contributed by atoms with Gasteiger partial charge in [-0.15, -0.1) is 0 Å². The molecule has 24 heavy (non-hydrogen) atoms. The summed E-state index contributed by atoms with van der Waals surface area (Å²) < 4.78 is 45.3. The van der Waals surface area contributed by atoms with Crippen molar-refractivity contribution < 1.29 is 22.3 Å². The standard InChI is InChI=1S/C17H18FNO4S/c1-2-8-23-15-10-13(9-14(18)11-15)17(20)12-19-24(21,22)16-6-4-3-5-7-16/h3-7,9-11,19H,2,8,12H2,1H3. The number of ketones is 1. The van der Waals surface area contributed by atoms with Crippen LogP contribution in [0.4, 0.5) is 4.39 Å². The Morgan fingerprint density at radius 1 is 1.17 bits per heavy atom. The zero-order valence-corrected chi connectivity index (χ0v) is 14.0. The van der Waals surface area contributed by atoms with Gasteiger partial charge in [0.2, 0.25) is 10.0 Å². The first kappa shape index (κ1) is 18.1. The lowest BCUT2D eigenvalue weighted by Crippen LogP contribution is -2.29.